The molecule has 0 aliphatic carbocycles. The van der Waals surface area contributed by atoms with Crippen molar-refractivity contribution in [2.75, 3.05) is 33.4 Å². The Labute approximate surface area is 215 Å². The first-order valence-corrected chi connectivity index (χ1v) is 12.7. The predicted octanol–water partition coefficient (Wildman–Crippen LogP) is 5.55. The molecule has 7 nitrogen and oxygen atoms in total. The first kappa shape index (κ1) is 27.4. The minimum atomic E-state index is -0.678. The highest BCUT2D eigenvalue weighted by Gasteiger charge is 2.30. The van der Waals surface area contributed by atoms with Gasteiger partial charge in [-0.25, -0.2) is 4.79 Å². The normalized spacial score (nSPS) is 15.8. The molecule has 1 aliphatic heterocycles. The van der Waals surface area contributed by atoms with Gasteiger partial charge < -0.3 is 19.1 Å². The van der Waals surface area contributed by atoms with Gasteiger partial charge in [0.2, 0.25) is 5.91 Å². The van der Waals surface area contributed by atoms with Crippen LogP contribution in [0.1, 0.15) is 63.1 Å². The quantitative estimate of drug-likeness (QED) is 0.480. The highest BCUT2D eigenvalue weighted by Crippen LogP contribution is 2.29. The fourth-order valence-corrected chi connectivity index (χ4v) is 4.46. The molecule has 36 heavy (non-hydrogen) atoms. The fourth-order valence-electron chi connectivity index (χ4n) is 4.46. The van der Waals surface area contributed by atoms with Gasteiger partial charge in [-0.3, -0.25) is 9.69 Å². The summed E-state index contributed by atoms with van der Waals surface area (Å²) in [6.45, 7) is 11.4. The molecule has 0 radical (unpaired) electrons. The lowest BCUT2D eigenvalue weighted by Gasteiger charge is -2.35. The van der Waals surface area contributed by atoms with E-state index in [9.17, 15) is 9.59 Å². The number of piperidine rings is 1. The minimum absolute atomic E-state index is 0.0625. The number of hydrogen-bond acceptors (Lipinski definition) is 5. The van der Waals surface area contributed by atoms with Crippen LogP contribution in [0.2, 0.25) is 0 Å². The van der Waals surface area contributed by atoms with Crippen molar-refractivity contribution in [1.82, 2.24) is 9.80 Å². The lowest BCUT2D eigenvalue weighted by molar-refractivity contribution is -0.133. The highest BCUT2D eigenvalue weighted by molar-refractivity contribution is 5.82. The summed E-state index contributed by atoms with van der Waals surface area (Å²) in [6.07, 6.45) is 1.46. The van der Waals surface area contributed by atoms with Crippen LogP contribution in [0.5, 0.6) is 11.5 Å². The van der Waals surface area contributed by atoms with Crippen molar-refractivity contribution in [3.05, 3.63) is 59.2 Å². The van der Waals surface area contributed by atoms with E-state index < -0.39 is 11.7 Å². The number of ether oxygens (including phenoxy) is 3. The average molecular weight is 497 g/mol. The Hall–Kier alpha value is -3.22. The summed E-state index contributed by atoms with van der Waals surface area (Å²) in [6, 6.07) is 14.0. The van der Waals surface area contributed by atoms with E-state index in [4.69, 9.17) is 14.2 Å². The molecule has 0 bridgehead atoms. The lowest BCUT2D eigenvalue weighted by Crippen LogP contribution is -2.47. The molecular formula is C29H40N2O5. The van der Waals surface area contributed by atoms with Crippen LogP contribution in [-0.4, -0.2) is 60.8 Å². The molecule has 2 amide bonds. The van der Waals surface area contributed by atoms with Gasteiger partial charge in [0.15, 0.2) is 0 Å². The molecule has 2 aromatic carbocycles. The molecule has 196 valence electrons. The summed E-state index contributed by atoms with van der Waals surface area (Å²) >= 11 is 0. The van der Waals surface area contributed by atoms with Gasteiger partial charge >= 0.3 is 6.09 Å². The fraction of sp³-hybridized carbons (Fsp3) is 0.517. The zero-order valence-corrected chi connectivity index (χ0v) is 22.5. The van der Waals surface area contributed by atoms with Gasteiger partial charge in [0, 0.05) is 30.6 Å². The number of amides is 2. The Kier molecular flexibility index (Phi) is 9.24. The van der Waals surface area contributed by atoms with Crippen LogP contribution in [0.25, 0.3) is 0 Å². The summed E-state index contributed by atoms with van der Waals surface area (Å²) in [4.78, 5) is 30.0. The number of nitrogens with zero attached hydrogens (tertiary/aromatic N) is 2. The van der Waals surface area contributed by atoms with Crippen molar-refractivity contribution < 1.29 is 23.8 Å². The molecule has 1 saturated heterocycles. The Balaban J connectivity index is 1.79. The van der Waals surface area contributed by atoms with Crippen molar-refractivity contribution in [1.29, 1.82) is 0 Å². The van der Waals surface area contributed by atoms with E-state index in [0.29, 0.717) is 37.1 Å². The van der Waals surface area contributed by atoms with E-state index in [-0.39, 0.29) is 19.0 Å². The third-order valence-electron chi connectivity index (χ3n) is 6.20. The van der Waals surface area contributed by atoms with Crippen LogP contribution in [0, 0.1) is 6.92 Å². The molecule has 3 rings (SSSR count). The number of rotatable bonds is 8. The molecule has 1 aliphatic rings. The molecule has 0 spiro atoms. The molecule has 1 unspecified atom stereocenters. The van der Waals surface area contributed by atoms with E-state index in [0.717, 1.165) is 18.4 Å². The van der Waals surface area contributed by atoms with Gasteiger partial charge in [0.1, 0.15) is 23.6 Å². The summed E-state index contributed by atoms with van der Waals surface area (Å²) in [5.41, 5.74) is 2.59. The number of methoxy groups -OCH3 is 1. The average Bonchev–Trinajstić information content (AvgIpc) is 2.83. The molecule has 0 N–H and O–H groups in total. The van der Waals surface area contributed by atoms with Crippen LogP contribution in [-0.2, 0) is 16.1 Å². The van der Waals surface area contributed by atoms with Crippen LogP contribution < -0.4 is 9.47 Å². The maximum Gasteiger partial charge on any atom is 0.411 e. The molecular weight excluding hydrogens is 456 g/mol. The maximum absolute atomic E-state index is 13.4. The van der Waals surface area contributed by atoms with E-state index in [1.165, 1.54) is 16.0 Å². The SMILES string of the molecule is CCOc1cc(OC)ccc1CN(CC(=O)N1CCCC(c2cccc(C)c2)C1)C(=O)OC(C)(C)C. The second-order valence-corrected chi connectivity index (χ2v) is 10.3. The first-order chi connectivity index (χ1) is 17.1. The van der Waals surface area contributed by atoms with Crippen molar-refractivity contribution in [2.24, 2.45) is 0 Å². The number of carbonyl (C=O) groups is 2. The monoisotopic (exact) mass is 496 g/mol. The van der Waals surface area contributed by atoms with Crippen molar-refractivity contribution in [3.8, 4) is 11.5 Å². The maximum atomic E-state index is 13.4. The van der Waals surface area contributed by atoms with Gasteiger partial charge in [-0.2, -0.15) is 0 Å². The Morgan fingerprint density at radius 3 is 2.58 bits per heavy atom. The van der Waals surface area contributed by atoms with E-state index in [2.05, 4.69) is 31.2 Å². The molecule has 1 fully saturated rings. The third-order valence-corrected chi connectivity index (χ3v) is 6.20. The molecule has 0 aromatic heterocycles. The standard InChI is InChI=1S/C29H40N2O5/c1-7-35-26-17-25(34-6)14-13-24(26)19-31(28(33)36-29(3,4)5)20-27(32)30-15-9-12-23(18-30)22-11-8-10-21(2)16-22/h8,10-11,13-14,16-17,23H,7,9,12,15,18-20H2,1-6H3. The Bertz CT molecular complexity index is 1050. The highest BCUT2D eigenvalue weighted by atomic mass is 16.6. The van der Waals surface area contributed by atoms with Crippen molar-refractivity contribution in [2.45, 2.75) is 65.5 Å². The van der Waals surface area contributed by atoms with Gasteiger partial charge in [-0.15, -0.1) is 0 Å². The zero-order chi connectivity index (χ0) is 26.3. The summed E-state index contributed by atoms with van der Waals surface area (Å²) in [5.74, 6) is 1.50. The van der Waals surface area contributed by atoms with Crippen LogP contribution in [0.15, 0.2) is 42.5 Å². The van der Waals surface area contributed by atoms with Crippen LogP contribution in [0.4, 0.5) is 4.79 Å². The van der Waals surface area contributed by atoms with Crippen molar-refractivity contribution in [3.63, 3.8) is 0 Å². The molecule has 0 saturated carbocycles. The molecule has 1 heterocycles. The summed E-state index contributed by atoms with van der Waals surface area (Å²) in [7, 11) is 1.60. The van der Waals surface area contributed by atoms with Gasteiger partial charge in [0.05, 0.1) is 20.3 Å². The number of benzene rings is 2. The van der Waals surface area contributed by atoms with E-state index in [1.54, 1.807) is 13.2 Å². The molecule has 7 heteroatoms. The minimum Gasteiger partial charge on any atom is -0.497 e. The second-order valence-electron chi connectivity index (χ2n) is 10.3. The lowest BCUT2D eigenvalue weighted by atomic mass is 9.90. The summed E-state index contributed by atoms with van der Waals surface area (Å²) in [5, 5.41) is 0. The van der Waals surface area contributed by atoms with Gasteiger partial charge in [-0.1, -0.05) is 29.8 Å². The largest absolute Gasteiger partial charge is 0.497 e. The summed E-state index contributed by atoms with van der Waals surface area (Å²) < 4.78 is 16.8. The third kappa shape index (κ3) is 7.64. The molecule has 2 aromatic rings. The predicted molar refractivity (Wildman–Crippen MR) is 141 cm³/mol. The van der Waals surface area contributed by atoms with Crippen LogP contribution in [0.3, 0.4) is 0 Å². The number of hydrogen-bond donors (Lipinski definition) is 0. The Morgan fingerprint density at radius 2 is 1.92 bits per heavy atom. The topological polar surface area (TPSA) is 68.3 Å². The zero-order valence-electron chi connectivity index (χ0n) is 22.5. The van der Waals surface area contributed by atoms with Crippen LogP contribution >= 0.6 is 0 Å². The number of carbonyl (C=O) groups excluding carboxylic acids is 2. The smallest absolute Gasteiger partial charge is 0.411 e. The first-order valence-electron chi connectivity index (χ1n) is 12.7. The van der Waals surface area contributed by atoms with E-state index in [1.807, 2.05) is 44.7 Å². The number of likely N-dealkylation sites (tertiary alicyclic amines) is 1. The Morgan fingerprint density at radius 1 is 1.14 bits per heavy atom. The van der Waals surface area contributed by atoms with Gasteiger partial charge in [0.25, 0.3) is 0 Å². The number of aryl methyl sites for hydroxylation is 1. The van der Waals surface area contributed by atoms with Crippen molar-refractivity contribution >= 4 is 12.0 Å². The van der Waals surface area contributed by atoms with Gasteiger partial charge in [-0.05, 0) is 65.2 Å². The van der Waals surface area contributed by atoms with E-state index >= 15 is 0 Å². The molecule has 1 atom stereocenters. The second kappa shape index (κ2) is 12.2.